The van der Waals surface area contributed by atoms with E-state index in [0.717, 1.165) is 5.56 Å². The van der Waals surface area contributed by atoms with E-state index in [4.69, 9.17) is 21.1 Å². The summed E-state index contributed by atoms with van der Waals surface area (Å²) in [5.74, 6) is 0.711. The number of carbonyl (C=O) groups is 1. The van der Waals surface area contributed by atoms with Gasteiger partial charge in [0.1, 0.15) is 11.5 Å². The van der Waals surface area contributed by atoms with Gasteiger partial charge in [0.25, 0.3) is 15.9 Å². The minimum Gasteiger partial charge on any atom is -0.494 e. The smallest absolute Gasteiger partial charge is 0.262 e. The predicted molar refractivity (Wildman–Crippen MR) is 130 cm³/mol. The molecule has 3 rings (SSSR count). The van der Waals surface area contributed by atoms with E-state index in [-0.39, 0.29) is 17.4 Å². The minimum absolute atomic E-state index is 0.0833. The Morgan fingerprint density at radius 1 is 0.909 bits per heavy atom. The number of nitrogens with one attached hydrogen (secondary N) is 2. The highest BCUT2D eigenvalue weighted by atomic mass is 35.5. The maximum Gasteiger partial charge on any atom is 0.262 e. The van der Waals surface area contributed by atoms with Crippen molar-refractivity contribution in [3.05, 3.63) is 76.8 Å². The van der Waals surface area contributed by atoms with E-state index in [1.54, 1.807) is 43.3 Å². The van der Waals surface area contributed by atoms with Crippen molar-refractivity contribution in [2.24, 2.45) is 0 Å². The molecular weight excluding hydrogens is 464 g/mol. The Bertz CT molecular complexity index is 1240. The second-order valence-electron chi connectivity index (χ2n) is 7.29. The van der Waals surface area contributed by atoms with Crippen LogP contribution in [0, 0.1) is 13.8 Å². The average Bonchev–Trinajstić information content (AvgIpc) is 2.77. The number of aryl methyl sites for hydroxylation is 2. The summed E-state index contributed by atoms with van der Waals surface area (Å²) < 4.78 is 38.9. The Morgan fingerprint density at radius 3 is 2.24 bits per heavy atom. The van der Waals surface area contributed by atoms with Gasteiger partial charge in [-0.05, 0) is 86.5 Å². The van der Waals surface area contributed by atoms with Gasteiger partial charge in [-0.2, -0.15) is 0 Å². The maximum absolute atomic E-state index is 12.7. The van der Waals surface area contributed by atoms with E-state index >= 15 is 0 Å². The average molecular weight is 489 g/mol. The van der Waals surface area contributed by atoms with Crippen molar-refractivity contribution in [2.45, 2.75) is 25.7 Å². The van der Waals surface area contributed by atoms with Crippen LogP contribution in [0.15, 0.2) is 65.6 Å². The molecule has 0 saturated heterocycles. The van der Waals surface area contributed by atoms with Crippen molar-refractivity contribution < 1.29 is 22.7 Å². The molecule has 2 N–H and O–H groups in total. The van der Waals surface area contributed by atoms with Crippen molar-refractivity contribution in [1.29, 1.82) is 0 Å². The molecule has 0 fully saturated rings. The summed E-state index contributed by atoms with van der Waals surface area (Å²) in [4.78, 5) is 12.3. The maximum atomic E-state index is 12.7. The summed E-state index contributed by atoms with van der Waals surface area (Å²) in [5.41, 5.74) is 2.48. The fraction of sp³-hybridized carbons (Fsp3) is 0.208. The van der Waals surface area contributed by atoms with Gasteiger partial charge in [0, 0.05) is 16.4 Å². The summed E-state index contributed by atoms with van der Waals surface area (Å²) in [7, 11) is -3.80. The monoisotopic (exact) mass is 488 g/mol. The Kier molecular flexibility index (Phi) is 7.84. The number of rotatable bonds is 9. The number of hydrogen-bond donors (Lipinski definition) is 2. The zero-order chi connectivity index (χ0) is 24.0. The molecule has 3 aromatic carbocycles. The first-order chi connectivity index (χ1) is 15.7. The van der Waals surface area contributed by atoms with Crippen LogP contribution in [0.1, 0.15) is 18.1 Å². The van der Waals surface area contributed by atoms with Crippen LogP contribution in [-0.2, 0) is 14.8 Å². The lowest BCUT2D eigenvalue weighted by Gasteiger charge is -2.13. The highest BCUT2D eigenvalue weighted by Crippen LogP contribution is 2.25. The number of sulfonamides is 1. The molecule has 0 spiro atoms. The molecule has 1 amide bonds. The number of ether oxygens (including phenoxy) is 2. The van der Waals surface area contributed by atoms with Gasteiger partial charge in [-0.1, -0.05) is 17.7 Å². The number of anilines is 2. The number of halogens is 1. The summed E-state index contributed by atoms with van der Waals surface area (Å²) in [5, 5.41) is 3.27. The van der Waals surface area contributed by atoms with E-state index < -0.39 is 10.0 Å². The first kappa shape index (κ1) is 24.4. The first-order valence-electron chi connectivity index (χ1n) is 10.2. The lowest BCUT2D eigenvalue weighted by atomic mass is 10.2. The van der Waals surface area contributed by atoms with Crippen molar-refractivity contribution in [1.82, 2.24) is 0 Å². The Balaban J connectivity index is 1.62. The van der Waals surface area contributed by atoms with Gasteiger partial charge in [0.2, 0.25) is 0 Å². The van der Waals surface area contributed by atoms with Crippen LogP contribution in [0.4, 0.5) is 11.4 Å². The fourth-order valence-electron chi connectivity index (χ4n) is 2.96. The van der Waals surface area contributed by atoms with Gasteiger partial charge < -0.3 is 14.8 Å². The molecule has 0 radical (unpaired) electrons. The van der Waals surface area contributed by atoms with E-state index in [2.05, 4.69) is 10.0 Å². The zero-order valence-electron chi connectivity index (χ0n) is 18.5. The molecule has 7 nitrogen and oxygen atoms in total. The molecule has 0 heterocycles. The van der Waals surface area contributed by atoms with Crippen LogP contribution < -0.4 is 19.5 Å². The molecular formula is C24H25ClN2O5S. The van der Waals surface area contributed by atoms with Crippen LogP contribution >= 0.6 is 11.6 Å². The van der Waals surface area contributed by atoms with Gasteiger partial charge in [-0.15, -0.1) is 0 Å². The molecule has 3 aromatic rings. The second-order valence-corrected chi connectivity index (χ2v) is 9.38. The molecule has 9 heteroatoms. The number of hydrogen-bond acceptors (Lipinski definition) is 5. The number of amides is 1. The fourth-order valence-corrected chi connectivity index (χ4v) is 4.29. The molecule has 0 unspecified atom stereocenters. The van der Waals surface area contributed by atoms with Crippen LogP contribution in [0.2, 0.25) is 5.02 Å². The lowest BCUT2D eigenvalue weighted by Crippen LogP contribution is -2.20. The van der Waals surface area contributed by atoms with Crippen LogP contribution in [-0.4, -0.2) is 27.5 Å². The highest BCUT2D eigenvalue weighted by molar-refractivity contribution is 7.92. The number of benzene rings is 3. The summed E-state index contributed by atoms with van der Waals surface area (Å²) in [6, 6.07) is 16.3. The van der Waals surface area contributed by atoms with E-state index in [1.807, 2.05) is 19.9 Å². The van der Waals surface area contributed by atoms with E-state index in [1.165, 1.54) is 18.2 Å². The van der Waals surface area contributed by atoms with Gasteiger partial charge in [0.05, 0.1) is 11.5 Å². The predicted octanol–water partition coefficient (Wildman–Crippen LogP) is 5.17. The standard InChI is InChI=1S/C24H25ClN2O5S/c1-4-31-20-9-7-18(8-10-20)27-33(29,30)21-11-12-23(17(3)13-21)32-15-24(28)26-19-6-5-16(2)22(25)14-19/h5-14,27H,4,15H2,1-3H3,(H,26,28). The van der Waals surface area contributed by atoms with Gasteiger partial charge >= 0.3 is 0 Å². The quantitative estimate of drug-likeness (QED) is 0.433. The second kappa shape index (κ2) is 10.6. The molecule has 0 aliphatic carbocycles. The summed E-state index contributed by atoms with van der Waals surface area (Å²) >= 11 is 6.07. The third kappa shape index (κ3) is 6.63. The normalized spacial score (nSPS) is 11.0. The molecule has 174 valence electrons. The van der Waals surface area contributed by atoms with Crippen molar-refractivity contribution in [2.75, 3.05) is 23.3 Å². The Morgan fingerprint density at radius 2 is 1.61 bits per heavy atom. The van der Waals surface area contributed by atoms with Crippen molar-refractivity contribution in [3.8, 4) is 11.5 Å². The molecule has 0 aliphatic rings. The van der Waals surface area contributed by atoms with E-state index in [9.17, 15) is 13.2 Å². The third-order valence-electron chi connectivity index (χ3n) is 4.69. The van der Waals surface area contributed by atoms with Gasteiger partial charge in [-0.3, -0.25) is 9.52 Å². The van der Waals surface area contributed by atoms with Gasteiger partial charge in [-0.25, -0.2) is 8.42 Å². The molecule has 0 saturated carbocycles. The largest absolute Gasteiger partial charge is 0.494 e. The topological polar surface area (TPSA) is 93.7 Å². The molecule has 0 atom stereocenters. The third-order valence-corrected chi connectivity index (χ3v) is 6.47. The molecule has 33 heavy (non-hydrogen) atoms. The molecule has 0 aromatic heterocycles. The highest BCUT2D eigenvalue weighted by Gasteiger charge is 2.16. The van der Waals surface area contributed by atoms with Crippen LogP contribution in [0.5, 0.6) is 11.5 Å². The molecule has 0 bridgehead atoms. The minimum atomic E-state index is -3.80. The lowest BCUT2D eigenvalue weighted by molar-refractivity contribution is -0.118. The van der Waals surface area contributed by atoms with Crippen LogP contribution in [0.3, 0.4) is 0 Å². The van der Waals surface area contributed by atoms with Crippen molar-refractivity contribution in [3.63, 3.8) is 0 Å². The SMILES string of the molecule is CCOc1ccc(NS(=O)(=O)c2ccc(OCC(=O)Nc3ccc(C)c(Cl)c3)c(C)c2)cc1. The van der Waals surface area contributed by atoms with Crippen molar-refractivity contribution >= 4 is 38.9 Å². The first-order valence-corrected chi connectivity index (χ1v) is 12.1. The zero-order valence-corrected chi connectivity index (χ0v) is 20.1. The van der Waals surface area contributed by atoms with E-state index in [0.29, 0.717) is 40.1 Å². The summed E-state index contributed by atoms with van der Waals surface area (Å²) in [6.07, 6.45) is 0. The van der Waals surface area contributed by atoms with Gasteiger partial charge in [0.15, 0.2) is 6.61 Å². The molecule has 0 aliphatic heterocycles. The Hall–Kier alpha value is -3.23. The van der Waals surface area contributed by atoms with Crippen LogP contribution in [0.25, 0.3) is 0 Å². The number of carbonyl (C=O) groups excluding carboxylic acids is 1. The summed E-state index contributed by atoms with van der Waals surface area (Å²) in [6.45, 7) is 5.75. The Labute approximate surface area is 198 Å².